The predicted molar refractivity (Wildman–Crippen MR) is 152 cm³/mol. The van der Waals surface area contributed by atoms with Gasteiger partial charge in [-0.05, 0) is 75.3 Å². The molecule has 1 fully saturated rings. The predicted octanol–water partition coefficient (Wildman–Crippen LogP) is 5.11. The fraction of sp³-hybridized carbons (Fsp3) is 0.300. The lowest BCUT2D eigenvalue weighted by molar-refractivity contribution is 0.224. The van der Waals surface area contributed by atoms with Gasteiger partial charge in [0.1, 0.15) is 18.4 Å². The summed E-state index contributed by atoms with van der Waals surface area (Å²) in [5.41, 5.74) is 6.05. The van der Waals surface area contributed by atoms with Gasteiger partial charge in [0.25, 0.3) is 0 Å². The van der Waals surface area contributed by atoms with E-state index < -0.39 is 0 Å². The van der Waals surface area contributed by atoms with Crippen LogP contribution in [-0.2, 0) is 0 Å². The van der Waals surface area contributed by atoms with Gasteiger partial charge in [0.2, 0.25) is 0 Å². The summed E-state index contributed by atoms with van der Waals surface area (Å²) in [7, 11) is 2.17. The standard InChI is InChI=1S/C30H33N7O/c1-21-27-7-10-35-29(27)6-5-28(21)36-30-23(18-33-19-24(30)16-31)4-3-22-15-26(20-32-17-22)38-14-11-34-25-8-12-37(2)13-9-25/h3-7,10,15,17-20,25,34-35H,8-9,11-14H2,1-2H3,(H,33,36)/b4-3+. The van der Waals surface area contributed by atoms with Crippen LogP contribution in [-0.4, -0.2) is 59.2 Å². The van der Waals surface area contributed by atoms with Crippen LogP contribution in [0.4, 0.5) is 11.4 Å². The normalized spacial score (nSPS) is 14.7. The Morgan fingerprint density at radius 1 is 1.13 bits per heavy atom. The first-order valence-corrected chi connectivity index (χ1v) is 13.0. The van der Waals surface area contributed by atoms with Crippen molar-refractivity contribution in [1.29, 1.82) is 5.26 Å². The highest BCUT2D eigenvalue weighted by Gasteiger charge is 2.15. The van der Waals surface area contributed by atoms with Crippen LogP contribution in [0.15, 0.2) is 55.2 Å². The monoisotopic (exact) mass is 507 g/mol. The molecule has 1 aliphatic rings. The van der Waals surface area contributed by atoms with Crippen LogP contribution < -0.4 is 15.4 Å². The number of nitrogens with one attached hydrogen (secondary N) is 3. The summed E-state index contributed by atoms with van der Waals surface area (Å²) in [5, 5.41) is 18.0. The number of aromatic nitrogens is 3. The molecular weight excluding hydrogens is 474 g/mol. The number of hydrogen-bond donors (Lipinski definition) is 3. The lowest BCUT2D eigenvalue weighted by Gasteiger charge is -2.29. The molecule has 0 amide bonds. The molecule has 0 bridgehead atoms. The fourth-order valence-electron chi connectivity index (χ4n) is 4.82. The highest BCUT2D eigenvalue weighted by Crippen LogP contribution is 2.31. The van der Waals surface area contributed by atoms with Gasteiger partial charge in [-0.15, -0.1) is 0 Å². The van der Waals surface area contributed by atoms with Gasteiger partial charge in [-0.25, -0.2) is 0 Å². The second kappa shape index (κ2) is 11.9. The number of nitrogens with zero attached hydrogens (tertiary/aromatic N) is 4. The van der Waals surface area contributed by atoms with Gasteiger partial charge in [0.05, 0.1) is 17.4 Å². The highest BCUT2D eigenvalue weighted by atomic mass is 16.5. The second-order valence-corrected chi connectivity index (χ2v) is 9.73. The number of likely N-dealkylation sites (tertiary alicyclic amines) is 1. The molecule has 8 nitrogen and oxygen atoms in total. The average molecular weight is 508 g/mol. The third-order valence-electron chi connectivity index (χ3n) is 7.07. The number of nitriles is 1. The van der Waals surface area contributed by atoms with E-state index in [2.05, 4.69) is 56.6 Å². The van der Waals surface area contributed by atoms with E-state index in [0.717, 1.165) is 64.4 Å². The molecule has 194 valence electrons. The molecule has 0 spiro atoms. The maximum atomic E-state index is 9.76. The van der Waals surface area contributed by atoms with E-state index in [1.807, 2.05) is 36.5 Å². The zero-order valence-corrected chi connectivity index (χ0v) is 21.9. The Bertz CT molecular complexity index is 1460. The molecule has 3 aromatic heterocycles. The van der Waals surface area contributed by atoms with E-state index in [1.165, 1.54) is 12.8 Å². The molecule has 0 atom stereocenters. The van der Waals surface area contributed by atoms with Gasteiger partial charge in [0, 0.05) is 59.5 Å². The Hall–Kier alpha value is -4.19. The Labute approximate surface area is 223 Å². The van der Waals surface area contributed by atoms with Gasteiger partial charge in [-0.3, -0.25) is 9.97 Å². The van der Waals surface area contributed by atoms with Crippen molar-refractivity contribution in [2.75, 3.05) is 38.6 Å². The van der Waals surface area contributed by atoms with Crippen molar-refractivity contribution in [3.63, 3.8) is 0 Å². The number of aromatic amines is 1. The summed E-state index contributed by atoms with van der Waals surface area (Å²) in [6.07, 6.45) is 15.1. The van der Waals surface area contributed by atoms with Crippen molar-refractivity contribution in [2.45, 2.75) is 25.8 Å². The molecule has 0 saturated carbocycles. The number of rotatable bonds is 9. The molecule has 0 unspecified atom stereocenters. The quantitative estimate of drug-likeness (QED) is 0.271. The van der Waals surface area contributed by atoms with Crippen molar-refractivity contribution in [2.24, 2.45) is 0 Å². The summed E-state index contributed by atoms with van der Waals surface area (Å²) in [4.78, 5) is 14.2. The van der Waals surface area contributed by atoms with E-state index in [0.29, 0.717) is 18.2 Å². The lowest BCUT2D eigenvalue weighted by atomic mass is 10.1. The van der Waals surface area contributed by atoms with Crippen molar-refractivity contribution in [3.05, 3.63) is 77.5 Å². The van der Waals surface area contributed by atoms with Crippen LogP contribution in [0.3, 0.4) is 0 Å². The second-order valence-electron chi connectivity index (χ2n) is 9.73. The van der Waals surface area contributed by atoms with E-state index >= 15 is 0 Å². The number of piperidine rings is 1. The van der Waals surface area contributed by atoms with Crippen molar-refractivity contribution in [1.82, 2.24) is 25.2 Å². The molecule has 8 heteroatoms. The van der Waals surface area contributed by atoms with Crippen molar-refractivity contribution in [3.8, 4) is 11.8 Å². The first-order chi connectivity index (χ1) is 18.6. The van der Waals surface area contributed by atoms with Crippen LogP contribution in [0.2, 0.25) is 0 Å². The molecular formula is C30H33N7O. The van der Waals surface area contributed by atoms with Crippen LogP contribution >= 0.6 is 0 Å². The number of fused-ring (bicyclic) bond motifs is 1. The van der Waals surface area contributed by atoms with Crippen molar-refractivity contribution >= 4 is 34.4 Å². The lowest BCUT2D eigenvalue weighted by Crippen LogP contribution is -2.42. The Balaban J connectivity index is 1.26. The van der Waals surface area contributed by atoms with E-state index in [4.69, 9.17) is 4.74 Å². The molecule has 3 N–H and O–H groups in total. The van der Waals surface area contributed by atoms with E-state index in [-0.39, 0.29) is 0 Å². The van der Waals surface area contributed by atoms with Crippen LogP contribution in [0.1, 0.15) is 35.1 Å². The van der Waals surface area contributed by atoms with E-state index in [1.54, 1.807) is 24.8 Å². The number of aryl methyl sites for hydroxylation is 1. The number of ether oxygens (including phenoxy) is 1. The zero-order chi connectivity index (χ0) is 26.3. The van der Waals surface area contributed by atoms with E-state index in [9.17, 15) is 5.26 Å². The Morgan fingerprint density at radius 2 is 1.97 bits per heavy atom. The van der Waals surface area contributed by atoms with Crippen LogP contribution in [0, 0.1) is 18.3 Å². The summed E-state index contributed by atoms with van der Waals surface area (Å²) < 4.78 is 5.95. The van der Waals surface area contributed by atoms with Crippen LogP contribution in [0.25, 0.3) is 23.1 Å². The summed E-state index contributed by atoms with van der Waals surface area (Å²) in [6.45, 7) is 5.76. The third kappa shape index (κ3) is 6.02. The van der Waals surface area contributed by atoms with Gasteiger partial charge >= 0.3 is 0 Å². The van der Waals surface area contributed by atoms with Crippen LogP contribution in [0.5, 0.6) is 5.75 Å². The topological polar surface area (TPSA) is 102 Å². The number of pyridine rings is 2. The zero-order valence-electron chi connectivity index (χ0n) is 21.9. The van der Waals surface area contributed by atoms with Gasteiger partial charge in [-0.1, -0.05) is 12.2 Å². The summed E-state index contributed by atoms with van der Waals surface area (Å²) in [6, 6.07) is 10.9. The average Bonchev–Trinajstić information content (AvgIpc) is 3.43. The Kier molecular flexibility index (Phi) is 7.98. The summed E-state index contributed by atoms with van der Waals surface area (Å²) >= 11 is 0. The number of H-pyrrole nitrogens is 1. The molecule has 4 heterocycles. The third-order valence-corrected chi connectivity index (χ3v) is 7.07. The smallest absolute Gasteiger partial charge is 0.138 e. The molecule has 1 saturated heterocycles. The minimum atomic E-state index is 0.480. The largest absolute Gasteiger partial charge is 0.491 e. The summed E-state index contributed by atoms with van der Waals surface area (Å²) in [5.74, 6) is 0.731. The minimum absolute atomic E-state index is 0.480. The molecule has 0 radical (unpaired) electrons. The SMILES string of the molecule is Cc1c(Nc2c(C#N)cncc2/C=C/c2cncc(OCCNC3CCN(C)CC3)c2)ccc2[nH]ccc12. The maximum Gasteiger partial charge on any atom is 0.138 e. The number of benzene rings is 1. The first-order valence-electron chi connectivity index (χ1n) is 13.0. The molecule has 5 rings (SSSR count). The van der Waals surface area contributed by atoms with Crippen molar-refractivity contribution < 1.29 is 4.74 Å². The van der Waals surface area contributed by atoms with Gasteiger partial charge in [0.15, 0.2) is 0 Å². The Morgan fingerprint density at radius 3 is 2.82 bits per heavy atom. The molecule has 4 aromatic rings. The number of hydrogen-bond acceptors (Lipinski definition) is 7. The van der Waals surface area contributed by atoms with Gasteiger partial charge in [-0.2, -0.15) is 5.26 Å². The van der Waals surface area contributed by atoms with Gasteiger partial charge < -0.3 is 25.3 Å². The fourth-order valence-corrected chi connectivity index (χ4v) is 4.82. The molecule has 38 heavy (non-hydrogen) atoms. The highest BCUT2D eigenvalue weighted by molar-refractivity contribution is 5.90. The molecule has 1 aromatic carbocycles. The molecule has 0 aliphatic carbocycles. The first kappa shape index (κ1) is 25.5. The minimum Gasteiger partial charge on any atom is -0.491 e. The molecule has 1 aliphatic heterocycles. The number of anilines is 2. The maximum absolute atomic E-state index is 9.76.